The molecule has 2 rings (SSSR count). The molecule has 104 valence electrons. The summed E-state index contributed by atoms with van der Waals surface area (Å²) in [6.07, 6.45) is 0. The molecule has 0 aliphatic carbocycles. The maximum atomic E-state index is 13.8. The predicted octanol–water partition coefficient (Wildman–Crippen LogP) is 4.14. The molecule has 0 heterocycles. The first-order valence-electron chi connectivity index (χ1n) is 5.60. The number of benzene rings is 2. The Labute approximate surface area is 118 Å². The van der Waals surface area contributed by atoms with Gasteiger partial charge in [0.05, 0.1) is 15.6 Å². The minimum absolute atomic E-state index is 0.0278. The molecule has 0 aromatic heterocycles. The van der Waals surface area contributed by atoms with Gasteiger partial charge in [0.2, 0.25) is 5.82 Å². The summed E-state index contributed by atoms with van der Waals surface area (Å²) in [5.74, 6) is -1.53. The molecule has 0 aliphatic heterocycles. The number of nitro benzene ring substituents is 1. The lowest BCUT2D eigenvalue weighted by Gasteiger charge is -2.10. The molecule has 0 atom stereocenters. The summed E-state index contributed by atoms with van der Waals surface area (Å²) in [6.45, 7) is -0.117. The van der Waals surface area contributed by atoms with E-state index >= 15 is 0 Å². The summed E-state index contributed by atoms with van der Waals surface area (Å²) in [4.78, 5) is 9.81. The monoisotopic (exact) mass is 298 g/mol. The number of nitrogens with one attached hydrogen (secondary N) is 1. The molecule has 0 aliphatic rings. The molecule has 0 radical (unpaired) electrons. The minimum atomic E-state index is -0.947. The number of rotatable bonds is 4. The summed E-state index contributed by atoms with van der Waals surface area (Å²) in [6, 6.07) is 7.94. The average molecular weight is 299 g/mol. The van der Waals surface area contributed by atoms with Crippen molar-refractivity contribution in [3.8, 4) is 0 Å². The van der Waals surface area contributed by atoms with E-state index in [1.807, 2.05) is 0 Å². The predicted molar refractivity (Wildman–Crippen MR) is 71.8 cm³/mol. The molecular formula is C13H9ClF2N2O2. The maximum absolute atomic E-state index is 13.8. The Morgan fingerprint density at radius 3 is 2.55 bits per heavy atom. The van der Waals surface area contributed by atoms with Crippen LogP contribution in [-0.4, -0.2) is 4.92 Å². The fourth-order valence-corrected chi connectivity index (χ4v) is 1.92. The van der Waals surface area contributed by atoms with Gasteiger partial charge in [-0.25, -0.2) is 4.39 Å². The second-order valence-electron chi connectivity index (χ2n) is 3.96. The van der Waals surface area contributed by atoms with E-state index in [2.05, 4.69) is 5.32 Å². The summed E-state index contributed by atoms with van der Waals surface area (Å²) in [5, 5.41) is 13.4. The lowest BCUT2D eigenvalue weighted by atomic mass is 10.1. The van der Waals surface area contributed by atoms with Gasteiger partial charge < -0.3 is 5.32 Å². The first kappa shape index (κ1) is 14.2. The summed E-state index contributed by atoms with van der Waals surface area (Å²) in [5.41, 5.74) is -0.539. The number of hydrogen-bond donors (Lipinski definition) is 1. The number of para-hydroxylation sites is 1. The van der Waals surface area contributed by atoms with Crippen molar-refractivity contribution >= 4 is 23.0 Å². The van der Waals surface area contributed by atoms with Crippen LogP contribution in [0.3, 0.4) is 0 Å². The second kappa shape index (κ2) is 5.83. The lowest BCUT2D eigenvalue weighted by molar-refractivity contribution is -0.387. The van der Waals surface area contributed by atoms with Gasteiger partial charge in [-0.2, -0.15) is 4.39 Å². The SMILES string of the molecule is O=[N+]([O-])c1cccc(CNc2c(F)cccc2Cl)c1F. The van der Waals surface area contributed by atoms with Gasteiger partial charge in [-0.05, 0) is 12.1 Å². The van der Waals surface area contributed by atoms with Crippen molar-refractivity contribution in [1.82, 2.24) is 0 Å². The molecule has 1 N–H and O–H groups in total. The topological polar surface area (TPSA) is 55.2 Å². The fourth-order valence-electron chi connectivity index (χ4n) is 1.69. The molecule has 0 saturated heterocycles. The molecule has 0 amide bonds. The molecule has 2 aromatic carbocycles. The van der Waals surface area contributed by atoms with Crippen LogP contribution in [0.4, 0.5) is 20.2 Å². The Hall–Kier alpha value is -2.21. The summed E-state index contributed by atoms with van der Waals surface area (Å²) < 4.78 is 27.3. The van der Waals surface area contributed by atoms with Crippen molar-refractivity contribution in [3.05, 3.63) is 68.7 Å². The van der Waals surface area contributed by atoms with Crippen LogP contribution in [0.2, 0.25) is 5.02 Å². The Kier molecular flexibility index (Phi) is 4.14. The molecule has 7 heteroatoms. The third-order valence-corrected chi connectivity index (χ3v) is 2.99. The highest BCUT2D eigenvalue weighted by molar-refractivity contribution is 6.33. The molecule has 2 aromatic rings. The number of anilines is 1. The quantitative estimate of drug-likeness (QED) is 0.682. The van der Waals surface area contributed by atoms with E-state index in [0.29, 0.717) is 0 Å². The zero-order valence-corrected chi connectivity index (χ0v) is 10.8. The average Bonchev–Trinajstić information content (AvgIpc) is 2.39. The van der Waals surface area contributed by atoms with Gasteiger partial charge in [0.25, 0.3) is 0 Å². The third-order valence-electron chi connectivity index (χ3n) is 2.67. The van der Waals surface area contributed by atoms with E-state index in [1.165, 1.54) is 30.3 Å². The smallest absolute Gasteiger partial charge is 0.305 e. The van der Waals surface area contributed by atoms with Gasteiger partial charge in [0.1, 0.15) is 5.82 Å². The minimum Gasteiger partial charge on any atom is -0.377 e. The molecule has 0 fully saturated rings. The van der Waals surface area contributed by atoms with Crippen LogP contribution in [0.1, 0.15) is 5.56 Å². The number of nitrogens with zero attached hydrogens (tertiary/aromatic N) is 1. The molecule has 4 nitrogen and oxygen atoms in total. The Balaban J connectivity index is 2.24. The summed E-state index contributed by atoms with van der Waals surface area (Å²) in [7, 11) is 0. The second-order valence-corrected chi connectivity index (χ2v) is 4.36. The number of hydrogen-bond acceptors (Lipinski definition) is 3. The van der Waals surface area contributed by atoms with Crippen LogP contribution >= 0.6 is 11.6 Å². The van der Waals surface area contributed by atoms with Gasteiger partial charge in [-0.1, -0.05) is 29.8 Å². The van der Waals surface area contributed by atoms with E-state index in [4.69, 9.17) is 11.6 Å². The fraction of sp³-hybridized carbons (Fsp3) is 0.0769. The van der Waals surface area contributed by atoms with Gasteiger partial charge in [-0.3, -0.25) is 10.1 Å². The number of nitro groups is 1. The molecule has 0 unspecified atom stereocenters. The Morgan fingerprint density at radius 2 is 1.90 bits per heavy atom. The first-order valence-corrected chi connectivity index (χ1v) is 5.98. The van der Waals surface area contributed by atoms with Gasteiger partial charge >= 0.3 is 5.69 Å². The van der Waals surface area contributed by atoms with E-state index in [0.717, 1.165) is 6.07 Å². The maximum Gasteiger partial charge on any atom is 0.305 e. The van der Waals surface area contributed by atoms with Crippen LogP contribution in [0.5, 0.6) is 0 Å². The summed E-state index contributed by atoms with van der Waals surface area (Å²) >= 11 is 5.81. The lowest BCUT2D eigenvalue weighted by Crippen LogP contribution is -2.05. The van der Waals surface area contributed by atoms with Crippen molar-refractivity contribution in [1.29, 1.82) is 0 Å². The molecule has 0 spiro atoms. The highest BCUT2D eigenvalue weighted by atomic mass is 35.5. The van der Waals surface area contributed by atoms with Gasteiger partial charge in [-0.15, -0.1) is 0 Å². The van der Waals surface area contributed by atoms with Crippen molar-refractivity contribution in [3.63, 3.8) is 0 Å². The third kappa shape index (κ3) is 2.85. The van der Waals surface area contributed by atoms with Crippen LogP contribution in [0.15, 0.2) is 36.4 Å². The zero-order valence-electron chi connectivity index (χ0n) is 10.1. The van der Waals surface area contributed by atoms with Crippen molar-refractivity contribution in [2.75, 3.05) is 5.32 Å². The molecule has 20 heavy (non-hydrogen) atoms. The van der Waals surface area contributed by atoms with E-state index < -0.39 is 22.2 Å². The van der Waals surface area contributed by atoms with Gasteiger partial charge in [0.15, 0.2) is 0 Å². The van der Waals surface area contributed by atoms with E-state index in [-0.39, 0.29) is 22.8 Å². The van der Waals surface area contributed by atoms with Crippen LogP contribution in [0.25, 0.3) is 0 Å². The van der Waals surface area contributed by atoms with Crippen LogP contribution < -0.4 is 5.32 Å². The van der Waals surface area contributed by atoms with Crippen molar-refractivity contribution < 1.29 is 13.7 Å². The van der Waals surface area contributed by atoms with Crippen molar-refractivity contribution in [2.24, 2.45) is 0 Å². The van der Waals surface area contributed by atoms with E-state index in [1.54, 1.807) is 0 Å². The Bertz CT molecular complexity index is 645. The van der Waals surface area contributed by atoms with Gasteiger partial charge in [0, 0.05) is 18.2 Å². The molecular weight excluding hydrogens is 290 g/mol. The normalized spacial score (nSPS) is 10.3. The highest BCUT2D eigenvalue weighted by Crippen LogP contribution is 2.26. The van der Waals surface area contributed by atoms with Crippen molar-refractivity contribution in [2.45, 2.75) is 6.54 Å². The molecule has 0 saturated carbocycles. The Morgan fingerprint density at radius 1 is 1.20 bits per heavy atom. The number of halogens is 3. The largest absolute Gasteiger partial charge is 0.377 e. The molecule has 0 bridgehead atoms. The first-order chi connectivity index (χ1) is 9.50. The van der Waals surface area contributed by atoms with Crippen LogP contribution in [-0.2, 0) is 6.54 Å². The van der Waals surface area contributed by atoms with E-state index in [9.17, 15) is 18.9 Å². The highest BCUT2D eigenvalue weighted by Gasteiger charge is 2.17. The van der Waals surface area contributed by atoms with Crippen LogP contribution in [0, 0.1) is 21.7 Å². The zero-order chi connectivity index (χ0) is 14.7. The standard InChI is InChI=1S/C13H9ClF2N2O2/c14-9-4-2-5-10(15)13(9)17-7-8-3-1-6-11(12(8)16)18(19)20/h1-6,17H,7H2.